The highest BCUT2D eigenvalue weighted by Gasteiger charge is 2.53. The van der Waals surface area contributed by atoms with Crippen LogP contribution in [0.1, 0.15) is 38.7 Å². The molecule has 2 heterocycles. The maximum absolute atomic E-state index is 13.4. The quantitative estimate of drug-likeness (QED) is 0.692. The molecule has 6 nitrogen and oxygen atoms in total. The molecule has 2 aliphatic heterocycles. The molecule has 2 aliphatic rings. The lowest BCUT2D eigenvalue weighted by molar-refractivity contribution is -0.136. The van der Waals surface area contributed by atoms with E-state index in [1.165, 1.54) is 4.31 Å². The van der Waals surface area contributed by atoms with Gasteiger partial charge in [-0.2, -0.15) is 4.31 Å². The van der Waals surface area contributed by atoms with Gasteiger partial charge in [-0.05, 0) is 62.4 Å². The molecule has 0 radical (unpaired) electrons. The van der Waals surface area contributed by atoms with Crippen molar-refractivity contribution in [3.63, 3.8) is 0 Å². The molecule has 1 amide bonds. The van der Waals surface area contributed by atoms with E-state index < -0.39 is 15.7 Å². The number of carbonyl (C=O) groups excluding carboxylic acids is 1. The number of hydrogen-bond acceptors (Lipinski definition) is 4. The Balaban J connectivity index is 1.54. The number of hydrogen-bond donors (Lipinski definition) is 1. The molecule has 172 valence electrons. The second kappa shape index (κ2) is 9.14. The lowest BCUT2D eigenvalue weighted by Crippen LogP contribution is -2.61. The van der Waals surface area contributed by atoms with Crippen LogP contribution in [0.25, 0.3) is 0 Å². The summed E-state index contributed by atoms with van der Waals surface area (Å²) in [4.78, 5) is 15.7. The molecule has 4 rings (SSSR count). The first-order valence-electron chi connectivity index (χ1n) is 11.2. The molecule has 0 aliphatic carbocycles. The average molecular weight is 476 g/mol. The van der Waals surface area contributed by atoms with Crippen LogP contribution in [0, 0.1) is 0 Å². The van der Waals surface area contributed by atoms with Gasteiger partial charge in [0.15, 0.2) is 0 Å². The number of carbonyl (C=O) groups is 1. The van der Waals surface area contributed by atoms with Gasteiger partial charge in [-0.15, -0.1) is 0 Å². The molecule has 0 aromatic heterocycles. The summed E-state index contributed by atoms with van der Waals surface area (Å²) >= 11 is 5.92. The molecular weight excluding hydrogens is 446 g/mol. The molecule has 2 atom stereocenters. The van der Waals surface area contributed by atoms with Gasteiger partial charge in [-0.3, -0.25) is 10.1 Å². The normalized spacial score (nSPS) is 22.4. The molecule has 32 heavy (non-hydrogen) atoms. The first-order valence-corrected chi connectivity index (χ1v) is 13.0. The van der Waals surface area contributed by atoms with Crippen molar-refractivity contribution in [3.8, 4) is 0 Å². The monoisotopic (exact) mass is 475 g/mol. The van der Waals surface area contributed by atoms with Crippen molar-refractivity contribution in [2.75, 3.05) is 13.1 Å². The number of amides is 1. The van der Waals surface area contributed by atoms with Crippen molar-refractivity contribution in [1.82, 2.24) is 14.5 Å². The summed E-state index contributed by atoms with van der Waals surface area (Å²) in [5.74, 6) is 0.109. The Morgan fingerprint density at radius 2 is 1.72 bits per heavy atom. The number of rotatable bonds is 6. The highest BCUT2D eigenvalue weighted by Crippen LogP contribution is 2.37. The Hall–Kier alpha value is -1.93. The van der Waals surface area contributed by atoms with E-state index >= 15 is 0 Å². The summed E-state index contributed by atoms with van der Waals surface area (Å²) < 4.78 is 27.8. The fourth-order valence-electron chi connectivity index (χ4n) is 4.88. The molecule has 1 spiro atoms. The van der Waals surface area contributed by atoms with Crippen LogP contribution in [-0.2, 0) is 21.2 Å². The minimum Gasteiger partial charge on any atom is -0.320 e. The maximum Gasteiger partial charge on any atom is 0.243 e. The molecule has 2 aromatic carbocycles. The Kier molecular flexibility index (Phi) is 6.63. The van der Waals surface area contributed by atoms with E-state index in [0.29, 0.717) is 37.4 Å². The lowest BCUT2D eigenvalue weighted by atomic mass is 9.95. The molecule has 2 aromatic rings. The molecule has 8 heteroatoms. The van der Waals surface area contributed by atoms with Gasteiger partial charge in [0.05, 0.1) is 16.6 Å². The van der Waals surface area contributed by atoms with Gasteiger partial charge in [-0.1, -0.05) is 48.9 Å². The van der Waals surface area contributed by atoms with Gasteiger partial charge < -0.3 is 4.90 Å². The molecule has 0 bridgehead atoms. The summed E-state index contributed by atoms with van der Waals surface area (Å²) in [6.45, 7) is 4.87. The first-order chi connectivity index (χ1) is 15.3. The number of benzene rings is 2. The molecule has 1 N–H and O–H groups in total. The number of nitrogens with zero attached hydrogens (tertiary/aromatic N) is 2. The molecule has 2 saturated heterocycles. The van der Waals surface area contributed by atoms with Crippen molar-refractivity contribution in [2.24, 2.45) is 0 Å². The van der Waals surface area contributed by atoms with Crippen LogP contribution < -0.4 is 5.32 Å². The van der Waals surface area contributed by atoms with Gasteiger partial charge >= 0.3 is 0 Å². The first kappa shape index (κ1) is 23.2. The summed E-state index contributed by atoms with van der Waals surface area (Å²) in [5, 5.41) is 4.13. The predicted molar refractivity (Wildman–Crippen MR) is 126 cm³/mol. The lowest BCUT2D eigenvalue weighted by Gasteiger charge is -2.46. The van der Waals surface area contributed by atoms with E-state index in [4.69, 9.17) is 11.6 Å². The van der Waals surface area contributed by atoms with Gasteiger partial charge in [0.25, 0.3) is 0 Å². The van der Waals surface area contributed by atoms with E-state index in [0.717, 1.165) is 12.0 Å². The molecule has 0 saturated carbocycles. The van der Waals surface area contributed by atoms with Crippen molar-refractivity contribution in [3.05, 3.63) is 65.2 Å². The minimum atomic E-state index is -3.60. The standard InChI is InChI=1S/C24H30ClN3O3S/c1-3-18(2)28-23(29)22(17-19-7-5-4-6-8-19)26-24(28)13-15-27(16-14-24)32(30,31)21-11-9-20(25)10-12-21/h4-12,18,22,26H,3,13-17H2,1-2H3/t18-,22+/m1/s1. The third kappa shape index (κ3) is 4.31. The predicted octanol–water partition coefficient (Wildman–Crippen LogP) is 3.66. The van der Waals surface area contributed by atoms with E-state index in [2.05, 4.69) is 19.2 Å². The third-order valence-corrected chi connectivity index (χ3v) is 8.92. The molecule has 2 fully saturated rings. The fraction of sp³-hybridized carbons (Fsp3) is 0.458. The second-order valence-electron chi connectivity index (χ2n) is 8.74. The van der Waals surface area contributed by atoms with Crippen LogP contribution in [0.15, 0.2) is 59.5 Å². The van der Waals surface area contributed by atoms with Crippen LogP contribution in [0.2, 0.25) is 5.02 Å². The highest BCUT2D eigenvalue weighted by atomic mass is 35.5. The summed E-state index contributed by atoms with van der Waals surface area (Å²) in [6.07, 6.45) is 2.59. The summed E-state index contributed by atoms with van der Waals surface area (Å²) in [5.41, 5.74) is 0.597. The zero-order valence-electron chi connectivity index (χ0n) is 18.5. The largest absolute Gasteiger partial charge is 0.320 e. The Bertz CT molecular complexity index is 1050. The van der Waals surface area contributed by atoms with E-state index in [1.54, 1.807) is 24.3 Å². The number of nitrogens with one attached hydrogen (secondary N) is 1. The number of halogens is 1. The van der Waals surface area contributed by atoms with Crippen molar-refractivity contribution >= 4 is 27.5 Å². The Morgan fingerprint density at radius 1 is 1.09 bits per heavy atom. The third-order valence-electron chi connectivity index (χ3n) is 6.75. The SMILES string of the molecule is CC[C@@H](C)N1C(=O)[C@H](Cc2ccccc2)NC12CCN(S(=O)(=O)c1ccc(Cl)cc1)CC2. The van der Waals surface area contributed by atoms with E-state index in [9.17, 15) is 13.2 Å². The van der Waals surface area contributed by atoms with Gasteiger partial charge in [-0.25, -0.2) is 8.42 Å². The average Bonchev–Trinajstić information content (AvgIpc) is 3.05. The maximum atomic E-state index is 13.4. The highest BCUT2D eigenvalue weighted by molar-refractivity contribution is 7.89. The number of piperidine rings is 1. The fourth-order valence-corrected chi connectivity index (χ4v) is 6.45. The Morgan fingerprint density at radius 3 is 2.31 bits per heavy atom. The topological polar surface area (TPSA) is 69.7 Å². The second-order valence-corrected chi connectivity index (χ2v) is 11.1. The summed E-state index contributed by atoms with van der Waals surface area (Å²) in [7, 11) is -3.60. The van der Waals surface area contributed by atoms with Crippen LogP contribution in [-0.4, -0.2) is 54.4 Å². The van der Waals surface area contributed by atoms with Crippen LogP contribution in [0.4, 0.5) is 0 Å². The van der Waals surface area contributed by atoms with Crippen molar-refractivity contribution in [2.45, 2.75) is 62.2 Å². The van der Waals surface area contributed by atoms with Crippen molar-refractivity contribution in [1.29, 1.82) is 0 Å². The van der Waals surface area contributed by atoms with E-state index in [1.807, 2.05) is 35.2 Å². The van der Waals surface area contributed by atoms with Gasteiger partial charge in [0.1, 0.15) is 0 Å². The van der Waals surface area contributed by atoms with Gasteiger partial charge in [0, 0.05) is 24.2 Å². The molecule has 0 unspecified atom stereocenters. The zero-order valence-corrected chi connectivity index (χ0v) is 20.1. The molecular formula is C24H30ClN3O3S. The van der Waals surface area contributed by atoms with Crippen LogP contribution >= 0.6 is 11.6 Å². The smallest absolute Gasteiger partial charge is 0.243 e. The minimum absolute atomic E-state index is 0.0789. The van der Waals surface area contributed by atoms with Crippen molar-refractivity contribution < 1.29 is 13.2 Å². The van der Waals surface area contributed by atoms with Crippen LogP contribution in [0.3, 0.4) is 0 Å². The zero-order chi connectivity index (χ0) is 22.9. The van der Waals surface area contributed by atoms with E-state index in [-0.39, 0.29) is 22.9 Å². The summed E-state index contributed by atoms with van der Waals surface area (Å²) in [6, 6.07) is 16.1. The van der Waals surface area contributed by atoms with Gasteiger partial charge in [0.2, 0.25) is 15.9 Å². The number of sulfonamides is 1. The van der Waals surface area contributed by atoms with Crippen LogP contribution in [0.5, 0.6) is 0 Å². The Labute approximate surface area is 195 Å².